The van der Waals surface area contributed by atoms with Crippen LogP contribution in [0.15, 0.2) is 146 Å². The summed E-state index contributed by atoms with van der Waals surface area (Å²) < 4.78 is 2.50. The van der Waals surface area contributed by atoms with Gasteiger partial charge in [-0.15, -0.1) is 0 Å². The van der Waals surface area contributed by atoms with Crippen molar-refractivity contribution in [3.63, 3.8) is 0 Å². The Hall–Kier alpha value is -5.67. The molecule has 9 rings (SSSR count). The number of fused-ring (bicyclic) bond motifs is 8. The average Bonchev–Trinajstić information content (AvgIpc) is 3.38. The molecule has 2 aromatic heterocycles. The summed E-state index contributed by atoms with van der Waals surface area (Å²) in [6.45, 7) is 0. The van der Waals surface area contributed by atoms with Crippen molar-refractivity contribution in [2.45, 2.75) is 12.8 Å². The summed E-state index contributed by atoms with van der Waals surface area (Å²) in [5.74, 6) is 0.917. The third-order valence-electron chi connectivity index (χ3n) is 8.99. The van der Waals surface area contributed by atoms with Crippen molar-refractivity contribution in [1.82, 2.24) is 9.55 Å². The predicted octanol–water partition coefficient (Wildman–Crippen LogP) is 10.8. The van der Waals surface area contributed by atoms with E-state index in [0.29, 0.717) is 0 Å². The third kappa shape index (κ3) is 3.79. The van der Waals surface area contributed by atoms with Crippen LogP contribution in [0.5, 0.6) is 0 Å². The van der Waals surface area contributed by atoms with E-state index in [1.807, 2.05) is 0 Å². The van der Waals surface area contributed by atoms with E-state index in [-0.39, 0.29) is 0 Å². The van der Waals surface area contributed by atoms with E-state index < -0.39 is 0 Å². The normalized spacial score (nSPS) is 13.1. The van der Waals surface area contributed by atoms with Gasteiger partial charge in [0.25, 0.3) is 0 Å². The molecule has 1 aliphatic carbocycles. The van der Waals surface area contributed by atoms with E-state index in [9.17, 15) is 0 Å². The second-order valence-electron chi connectivity index (χ2n) is 11.5. The lowest BCUT2D eigenvalue weighted by Gasteiger charge is -2.27. The monoisotopic (exact) mass is 563 g/mol. The van der Waals surface area contributed by atoms with E-state index in [1.54, 1.807) is 0 Å². The van der Waals surface area contributed by atoms with Crippen molar-refractivity contribution in [2.24, 2.45) is 0 Å². The Morgan fingerprint density at radius 2 is 1.32 bits per heavy atom. The van der Waals surface area contributed by atoms with Crippen LogP contribution in [-0.2, 0) is 6.42 Å². The van der Waals surface area contributed by atoms with Gasteiger partial charge in [0.2, 0.25) is 0 Å². The summed E-state index contributed by atoms with van der Waals surface area (Å²) in [5.41, 5.74) is 14.5. The smallest absolute Gasteiger partial charge is 0.138 e. The largest absolute Gasteiger partial charge is 0.309 e. The molecule has 7 aromatic rings. The number of nitrogens with zero attached hydrogens (tertiary/aromatic N) is 3. The Labute approximate surface area is 257 Å². The summed E-state index contributed by atoms with van der Waals surface area (Å²) in [6, 6.07) is 50.0. The van der Waals surface area contributed by atoms with Crippen LogP contribution in [0.25, 0.3) is 56.2 Å². The van der Waals surface area contributed by atoms with Crippen LogP contribution in [0.3, 0.4) is 0 Å². The number of anilines is 3. The SMILES string of the molecule is C1=Cc2c(c3c(n2-c2cccc(-c4ccccc4)c2)-c2ccccc2N(c2ccc4ccccc4n2)c2ccccc2-3)CC1. The molecular weight excluding hydrogens is 534 g/mol. The van der Waals surface area contributed by atoms with E-state index in [1.165, 1.54) is 50.5 Å². The summed E-state index contributed by atoms with van der Waals surface area (Å²) in [5, 5.41) is 1.14. The summed E-state index contributed by atoms with van der Waals surface area (Å²) >= 11 is 0. The molecule has 0 bridgehead atoms. The Morgan fingerprint density at radius 1 is 0.591 bits per heavy atom. The Morgan fingerprint density at radius 3 is 2.20 bits per heavy atom. The highest BCUT2D eigenvalue weighted by Crippen LogP contribution is 2.54. The molecule has 3 heteroatoms. The minimum atomic E-state index is 0.917. The summed E-state index contributed by atoms with van der Waals surface area (Å²) in [7, 11) is 0. The van der Waals surface area contributed by atoms with E-state index in [2.05, 4.69) is 161 Å². The van der Waals surface area contributed by atoms with Crippen molar-refractivity contribution < 1.29 is 0 Å². The minimum absolute atomic E-state index is 0.917. The third-order valence-corrected chi connectivity index (χ3v) is 8.99. The molecule has 0 saturated heterocycles. The number of rotatable bonds is 3. The highest BCUT2D eigenvalue weighted by atomic mass is 15.2. The molecule has 0 amide bonds. The quantitative estimate of drug-likeness (QED) is 0.213. The first-order valence-electron chi connectivity index (χ1n) is 15.3. The fraction of sp³-hybridized carbons (Fsp3) is 0.0488. The average molecular weight is 564 g/mol. The highest BCUT2D eigenvalue weighted by molar-refractivity contribution is 6.04. The summed E-state index contributed by atoms with van der Waals surface area (Å²) in [6.07, 6.45) is 6.69. The lowest BCUT2D eigenvalue weighted by atomic mass is 9.92. The van der Waals surface area contributed by atoms with Gasteiger partial charge in [0, 0.05) is 33.5 Å². The zero-order chi connectivity index (χ0) is 29.0. The van der Waals surface area contributed by atoms with E-state index in [0.717, 1.165) is 40.9 Å². The van der Waals surface area contributed by atoms with Crippen molar-refractivity contribution in [3.8, 4) is 39.2 Å². The van der Waals surface area contributed by atoms with Crippen molar-refractivity contribution in [3.05, 3.63) is 157 Å². The molecular formula is C41H29N3. The fourth-order valence-electron chi connectivity index (χ4n) is 7.06. The molecule has 0 saturated carbocycles. The molecule has 1 aliphatic heterocycles. The molecule has 0 unspecified atom stereocenters. The van der Waals surface area contributed by atoms with Crippen LogP contribution >= 0.6 is 0 Å². The molecule has 208 valence electrons. The van der Waals surface area contributed by atoms with Gasteiger partial charge in [-0.05, 0) is 78.1 Å². The standard InChI is InChI=1S/C41H29N3/c1-2-13-28(14-3-1)30-16-12-17-31(27-30)43-36-22-9-5-18-32(36)40-33-19-6-10-23-37(33)44(38-24-11-7-20-34(38)41(40)43)39-26-25-29-15-4-8-21-35(29)42-39/h1-4,6-17,19-27H,5,18H2. The van der Waals surface area contributed by atoms with Crippen LogP contribution in [-0.4, -0.2) is 9.55 Å². The van der Waals surface area contributed by atoms with Gasteiger partial charge in [-0.25, -0.2) is 4.98 Å². The predicted molar refractivity (Wildman–Crippen MR) is 183 cm³/mol. The topological polar surface area (TPSA) is 21.1 Å². The van der Waals surface area contributed by atoms with Crippen molar-refractivity contribution in [1.29, 1.82) is 0 Å². The molecule has 0 N–H and O–H groups in total. The molecule has 44 heavy (non-hydrogen) atoms. The molecule has 0 atom stereocenters. The van der Waals surface area contributed by atoms with Crippen LogP contribution in [0, 0.1) is 0 Å². The molecule has 3 nitrogen and oxygen atoms in total. The number of aromatic nitrogens is 2. The fourth-order valence-corrected chi connectivity index (χ4v) is 7.06. The van der Waals surface area contributed by atoms with E-state index >= 15 is 0 Å². The van der Waals surface area contributed by atoms with Gasteiger partial charge >= 0.3 is 0 Å². The second-order valence-corrected chi connectivity index (χ2v) is 11.5. The maximum atomic E-state index is 5.21. The zero-order valence-corrected chi connectivity index (χ0v) is 24.2. The first kappa shape index (κ1) is 24.9. The number of hydrogen-bond acceptors (Lipinski definition) is 2. The van der Waals surface area contributed by atoms with E-state index in [4.69, 9.17) is 4.98 Å². The Kier molecular flexibility index (Phi) is 5.63. The lowest BCUT2D eigenvalue weighted by Crippen LogP contribution is -2.13. The highest BCUT2D eigenvalue weighted by Gasteiger charge is 2.33. The van der Waals surface area contributed by atoms with Gasteiger partial charge in [0.05, 0.1) is 22.6 Å². The number of para-hydroxylation sites is 3. The van der Waals surface area contributed by atoms with Crippen LogP contribution in [0.4, 0.5) is 17.2 Å². The summed E-state index contributed by atoms with van der Waals surface area (Å²) in [4.78, 5) is 7.56. The zero-order valence-electron chi connectivity index (χ0n) is 24.2. The van der Waals surface area contributed by atoms with Crippen LogP contribution < -0.4 is 4.90 Å². The van der Waals surface area contributed by atoms with Crippen LogP contribution in [0.1, 0.15) is 17.7 Å². The molecule has 0 fully saturated rings. The number of hydrogen-bond donors (Lipinski definition) is 0. The van der Waals surface area contributed by atoms with Gasteiger partial charge in [0.1, 0.15) is 5.82 Å². The number of allylic oxidation sites excluding steroid dienone is 1. The molecule has 0 spiro atoms. The maximum absolute atomic E-state index is 5.21. The van der Waals surface area contributed by atoms with Gasteiger partial charge in [-0.2, -0.15) is 0 Å². The Bertz CT molecular complexity index is 2240. The molecule has 5 aromatic carbocycles. The van der Waals surface area contributed by atoms with Gasteiger partial charge in [-0.1, -0.05) is 103 Å². The number of pyridine rings is 1. The number of benzene rings is 5. The first-order chi connectivity index (χ1) is 21.8. The Balaban J connectivity index is 1.37. The van der Waals surface area contributed by atoms with Gasteiger partial charge in [-0.3, -0.25) is 4.90 Å². The first-order valence-corrected chi connectivity index (χ1v) is 15.3. The van der Waals surface area contributed by atoms with Crippen molar-refractivity contribution in [2.75, 3.05) is 4.90 Å². The van der Waals surface area contributed by atoms with Gasteiger partial charge in [0.15, 0.2) is 0 Å². The molecule has 3 heterocycles. The molecule has 0 radical (unpaired) electrons. The second kappa shape index (κ2) is 9.96. The molecule has 2 aliphatic rings. The maximum Gasteiger partial charge on any atom is 0.138 e. The van der Waals surface area contributed by atoms with Gasteiger partial charge < -0.3 is 4.57 Å². The van der Waals surface area contributed by atoms with Crippen LogP contribution in [0.2, 0.25) is 0 Å². The minimum Gasteiger partial charge on any atom is -0.309 e. The van der Waals surface area contributed by atoms with Crippen molar-refractivity contribution >= 4 is 34.2 Å². The lowest BCUT2D eigenvalue weighted by molar-refractivity contribution is 0.960.